The molecule has 1 saturated heterocycles. The number of aliphatic hydroxyl groups is 1. The fourth-order valence-electron chi connectivity index (χ4n) is 2.26. The summed E-state index contributed by atoms with van der Waals surface area (Å²) in [5, 5.41) is 13.6. The van der Waals surface area contributed by atoms with Crippen molar-refractivity contribution in [2.24, 2.45) is 5.92 Å². The maximum Gasteiger partial charge on any atom is 0.410 e. The first-order chi connectivity index (χ1) is 9.82. The number of hydrogen-bond donors (Lipinski definition) is 2. The van der Waals surface area contributed by atoms with Crippen LogP contribution in [0, 0.1) is 5.92 Å². The Hall–Kier alpha value is -0.810. The van der Waals surface area contributed by atoms with Crippen molar-refractivity contribution in [3.8, 4) is 0 Å². The Kier molecular flexibility index (Phi) is 5.90. The lowest BCUT2D eigenvalue weighted by Crippen LogP contribution is -2.57. The van der Waals surface area contributed by atoms with E-state index in [-0.39, 0.29) is 11.6 Å². The molecule has 130 valence electrons. The number of carbonyl (C=O) groups is 1. The van der Waals surface area contributed by atoms with E-state index in [9.17, 15) is 9.90 Å². The summed E-state index contributed by atoms with van der Waals surface area (Å²) in [4.78, 5) is 13.8. The van der Waals surface area contributed by atoms with E-state index in [1.807, 2.05) is 48.5 Å². The van der Waals surface area contributed by atoms with Crippen LogP contribution in [0.4, 0.5) is 4.79 Å². The Morgan fingerprint density at radius 2 is 1.64 bits per heavy atom. The number of piperidine rings is 1. The first-order valence-electron chi connectivity index (χ1n) is 8.27. The number of nitrogens with zero attached hydrogens (tertiary/aromatic N) is 1. The normalized spacial score (nSPS) is 18.5. The third-order valence-electron chi connectivity index (χ3n) is 4.63. The molecule has 0 radical (unpaired) electrons. The number of carbonyl (C=O) groups excluding carboxylic acids is 1. The SMILES string of the molecule is CC(C)(C)OC(=O)N1CCC(CNC(C)(C)C(C)(C)O)CC1. The Balaban J connectivity index is 2.39. The van der Waals surface area contributed by atoms with Crippen molar-refractivity contribution < 1.29 is 14.6 Å². The van der Waals surface area contributed by atoms with Crippen molar-refractivity contribution in [1.82, 2.24) is 10.2 Å². The number of likely N-dealkylation sites (tertiary alicyclic amines) is 1. The fourth-order valence-corrected chi connectivity index (χ4v) is 2.26. The van der Waals surface area contributed by atoms with Gasteiger partial charge in [-0.2, -0.15) is 0 Å². The van der Waals surface area contributed by atoms with Crippen LogP contribution in [0.5, 0.6) is 0 Å². The molecule has 2 N–H and O–H groups in total. The van der Waals surface area contributed by atoms with Gasteiger partial charge in [0.25, 0.3) is 0 Å². The van der Waals surface area contributed by atoms with Gasteiger partial charge in [0, 0.05) is 18.6 Å². The molecule has 1 rings (SSSR count). The quantitative estimate of drug-likeness (QED) is 0.837. The minimum atomic E-state index is -0.774. The summed E-state index contributed by atoms with van der Waals surface area (Å²) in [6.45, 7) is 15.7. The second kappa shape index (κ2) is 6.75. The van der Waals surface area contributed by atoms with Crippen molar-refractivity contribution in [1.29, 1.82) is 0 Å². The molecule has 0 atom stereocenters. The molecule has 5 nitrogen and oxygen atoms in total. The molecule has 0 saturated carbocycles. The zero-order valence-corrected chi connectivity index (χ0v) is 15.3. The molecule has 0 bridgehead atoms. The lowest BCUT2D eigenvalue weighted by Gasteiger charge is -2.40. The van der Waals surface area contributed by atoms with Gasteiger partial charge in [-0.25, -0.2) is 4.79 Å². The molecule has 1 aliphatic heterocycles. The molecule has 5 heteroatoms. The first kappa shape index (κ1) is 19.2. The molecule has 0 unspecified atom stereocenters. The number of hydrogen-bond acceptors (Lipinski definition) is 4. The third kappa shape index (κ3) is 5.76. The molecular weight excluding hydrogens is 280 g/mol. The van der Waals surface area contributed by atoms with E-state index in [1.165, 1.54) is 0 Å². The van der Waals surface area contributed by atoms with Gasteiger partial charge in [-0.3, -0.25) is 0 Å². The molecule has 1 amide bonds. The maximum absolute atomic E-state index is 12.0. The monoisotopic (exact) mass is 314 g/mol. The molecule has 0 aromatic carbocycles. The van der Waals surface area contributed by atoms with Gasteiger partial charge < -0.3 is 20.1 Å². The summed E-state index contributed by atoms with van der Waals surface area (Å²) >= 11 is 0. The summed E-state index contributed by atoms with van der Waals surface area (Å²) in [5.41, 5.74) is -1.55. The average Bonchev–Trinajstić information content (AvgIpc) is 2.33. The summed E-state index contributed by atoms with van der Waals surface area (Å²) in [6.07, 6.45) is 1.72. The Morgan fingerprint density at radius 3 is 2.05 bits per heavy atom. The van der Waals surface area contributed by atoms with Gasteiger partial charge in [-0.05, 0) is 73.8 Å². The molecule has 0 aromatic heterocycles. The van der Waals surface area contributed by atoms with Crippen LogP contribution in [-0.4, -0.2) is 52.5 Å². The van der Waals surface area contributed by atoms with Crippen molar-refractivity contribution in [2.75, 3.05) is 19.6 Å². The van der Waals surface area contributed by atoms with E-state index in [1.54, 1.807) is 4.90 Å². The number of rotatable bonds is 4. The van der Waals surface area contributed by atoms with Crippen LogP contribution < -0.4 is 5.32 Å². The fraction of sp³-hybridized carbons (Fsp3) is 0.941. The summed E-state index contributed by atoms with van der Waals surface area (Å²) in [5.74, 6) is 0.528. The van der Waals surface area contributed by atoms with Gasteiger partial charge in [-0.15, -0.1) is 0 Å². The molecule has 0 aromatic rings. The van der Waals surface area contributed by atoms with Gasteiger partial charge in [0.1, 0.15) is 5.60 Å². The molecule has 1 fully saturated rings. The largest absolute Gasteiger partial charge is 0.444 e. The lowest BCUT2D eigenvalue weighted by molar-refractivity contribution is -0.00819. The zero-order valence-electron chi connectivity index (χ0n) is 15.3. The number of ether oxygens (including phenoxy) is 1. The van der Waals surface area contributed by atoms with Crippen LogP contribution >= 0.6 is 0 Å². The first-order valence-corrected chi connectivity index (χ1v) is 8.27. The highest BCUT2D eigenvalue weighted by Crippen LogP contribution is 2.23. The standard InChI is InChI=1S/C17H34N2O3/c1-15(2,3)22-14(20)19-10-8-13(9-11-19)12-18-16(4,5)17(6,7)21/h13,18,21H,8-12H2,1-7H3. The van der Waals surface area contributed by atoms with Crippen LogP contribution in [0.1, 0.15) is 61.3 Å². The minimum absolute atomic E-state index is 0.212. The van der Waals surface area contributed by atoms with E-state index in [2.05, 4.69) is 5.32 Å². The van der Waals surface area contributed by atoms with Gasteiger partial charge >= 0.3 is 6.09 Å². The number of amides is 1. The van der Waals surface area contributed by atoms with Gasteiger partial charge in [-0.1, -0.05) is 0 Å². The minimum Gasteiger partial charge on any atom is -0.444 e. The van der Waals surface area contributed by atoms with E-state index >= 15 is 0 Å². The predicted molar refractivity (Wildman–Crippen MR) is 88.9 cm³/mol. The molecular formula is C17H34N2O3. The second-order valence-corrected chi connectivity index (χ2v) is 8.48. The Bertz CT molecular complexity index is 372. The summed E-state index contributed by atoms with van der Waals surface area (Å²) < 4.78 is 5.41. The van der Waals surface area contributed by atoms with Crippen molar-refractivity contribution in [3.05, 3.63) is 0 Å². The Morgan fingerprint density at radius 1 is 1.14 bits per heavy atom. The van der Waals surface area contributed by atoms with Crippen molar-refractivity contribution in [2.45, 2.75) is 78.0 Å². The number of nitrogens with one attached hydrogen (secondary N) is 1. The molecule has 22 heavy (non-hydrogen) atoms. The maximum atomic E-state index is 12.0. The highest BCUT2D eigenvalue weighted by atomic mass is 16.6. The van der Waals surface area contributed by atoms with Crippen LogP contribution in [0.2, 0.25) is 0 Å². The molecule has 1 aliphatic rings. The van der Waals surface area contributed by atoms with Crippen LogP contribution in [-0.2, 0) is 4.74 Å². The van der Waals surface area contributed by atoms with Gasteiger partial charge in [0.05, 0.1) is 5.60 Å². The third-order valence-corrected chi connectivity index (χ3v) is 4.63. The smallest absolute Gasteiger partial charge is 0.410 e. The van der Waals surface area contributed by atoms with E-state index < -0.39 is 11.2 Å². The van der Waals surface area contributed by atoms with Crippen molar-refractivity contribution >= 4 is 6.09 Å². The topological polar surface area (TPSA) is 61.8 Å². The van der Waals surface area contributed by atoms with Crippen LogP contribution in [0.15, 0.2) is 0 Å². The lowest BCUT2D eigenvalue weighted by atomic mass is 9.85. The van der Waals surface area contributed by atoms with Crippen LogP contribution in [0.25, 0.3) is 0 Å². The van der Waals surface area contributed by atoms with E-state index in [0.717, 1.165) is 32.5 Å². The molecule has 1 heterocycles. The highest BCUT2D eigenvalue weighted by Gasteiger charge is 2.35. The highest BCUT2D eigenvalue weighted by molar-refractivity contribution is 5.68. The van der Waals surface area contributed by atoms with Gasteiger partial charge in [0.2, 0.25) is 0 Å². The van der Waals surface area contributed by atoms with E-state index in [0.29, 0.717) is 5.92 Å². The molecule has 0 spiro atoms. The van der Waals surface area contributed by atoms with E-state index in [4.69, 9.17) is 4.74 Å². The second-order valence-electron chi connectivity index (χ2n) is 8.48. The average molecular weight is 314 g/mol. The predicted octanol–water partition coefficient (Wildman–Crippen LogP) is 2.77. The van der Waals surface area contributed by atoms with Gasteiger partial charge in [0.15, 0.2) is 0 Å². The zero-order chi connectivity index (χ0) is 17.2. The van der Waals surface area contributed by atoms with Crippen LogP contribution in [0.3, 0.4) is 0 Å². The summed E-state index contributed by atoms with van der Waals surface area (Å²) in [7, 11) is 0. The summed E-state index contributed by atoms with van der Waals surface area (Å²) in [6, 6.07) is 0. The van der Waals surface area contributed by atoms with Crippen molar-refractivity contribution in [3.63, 3.8) is 0 Å². The Labute approximate surface area is 135 Å². The molecule has 0 aliphatic carbocycles.